The molecule has 1 fully saturated rings. The molecule has 0 amide bonds. The number of fused-ring (bicyclic) bond motifs is 1. The number of hydrogen-bond acceptors (Lipinski definition) is 5. The highest BCUT2D eigenvalue weighted by Crippen LogP contribution is 2.36. The molecule has 0 spiro atoms. The van der Waals surface area contributed by atoms with Crippen LogP contribution >= 0.6 is 11.6 Å². The Morgan fingerprint density at radius 3 is 2.66 bits per heavy atom. The van der Waals surface area contributed by atoms with Crippen molar-refractivity contribution < 1.29 is 9.47 Å². The molecule has 174 valence electrons. The van der Waals surface area contributed by atoms with Gasteiger partial charge in [-0.2, -0.15) is 5.26 Å². The minimum atomic E-state index is -0.252. The molecule has 0 unspecified atom stereocenters. The van der Waals surface area contributed by atoms with E-state index >= 15 is 0 Å². The van der Waals surface area contributed by atoms with Crippen molar-refractivity contribution in [3.05, 3.63) is 93.0 Å². The average Bonchev–Trinajstić information content (AvgIpc) is 3.71. The van der Waals surface area contributed by atoms with Crippen LogP contribution in [0.2, 0.25) is 5.02 Å². The van der Waals surface area contributed by atoms with Gasteiger partial charge in [0.15, 0.2) is 11.5 Å². The third-order valence-corrected chi connectivity index (χ3v) is 6.15. The molecule has 4 aromatic rings. The first-order chi connectivity index (χ1) is 17.1. The SMILES string of the molecule is COc1cccc(C=Cc2nc3ccc(Cl)cn3c(=O)c2-c2ccc(C#N)cc2)c1OCC1CC1. The Hall–Kier alpha value is -4.08. The standard InChI is InChI=1S/C28H22ClN3O3/c1-34-24-4-2-3-21(27(24)35-17-19-5-6-19)11-13-23-26(20-9-7-18(15-30)8-10-20)28(33)32-16-22(29)12-14-25(32)31-23/h2-4,7-14,16,19H,5-6,17H2,1H3. The van der Waals surface area contributed by atoms with Gasteiger partial charge in [0.05, 0.1) is 41.6 Å². The first-order valence-electron chi connectivity index (χ1n) is 11.3. The fourth-order valence-corrected chi connectivity index (χ4v) is 4.03. The monoisotopic (exact) mass is 483 g/mol. The number of aromatic nitrogens is 2. The van der Waals surface area contributed by atoms with Gasteiger partial charge in [-0.15, -0.1) is 0 Å². The Morgan fingerprint density at radius 2 is 1.94 bits per heavy atom. The number of hydrogen-bond donors (Lipinski definition) is 0. The van der Waals surface area contributed by atoms with Gasteiger partial charge in [0, 0.05) is 11.8 Å². The normalized spacial score (nSPS) is 13.2. The van der Waals surface area contributed by atoms with Crippen LogP contribution in [0.25, 0.3) is 28.9 Å². The summed E-state index contributed by atoms with van der Waals surface area (Å²) in [7, 11) is 1.62. The summed E-state index contributed by atoms with van der Waals surface area (Å²) in [5.41, 5.74) is 3.13. The molecule has 1 aliphatic carbocycles. The van der Waals surface area contributed by atoms with Crippen molar-refractivity contribution in [2.75, 3.05) is 13.7 Å². The smallest absolute Gasteiger partial charge is 0.266 e. The predicted octanol–water partition coefficient (Wildman–Crippen LogP) is 5.85. The van der Waals surface area contributed by atoms with Crippen LogP contribution in [-0.2, 0) is 0 Å². The summed E-state index contributed by atoms with van der Waals surface area (Å²) in [6.45, 7) is 0.647. The van der Waals surface area contributed by atoms with Crippen LogP contribution in [0.4, 0.5) is 0 Å². The molecule has 5 rings (SSSR count). The van der Waals surface area contributed by atoms with Gasteiger partial charge in [0.25, 0.3) is 5.56 Å². The molecule has 1 aliphatic rings. The van der Waals surface area contributed by atoms with Gasteiger partial charge in [-0.3, -0.25) is 9.20 Å². The summed E-state index contributed by atoms with van der Waals surface area (Å²) < 4.78 is 13.1. The van der Waals surface area contributed by atoms with E-state index in [0.717, 1.165) is 5.56 Å². The van der Waals surface area contributed by atoms with E-state index in [1.165, 1.54) is 17.2 Å². The zero-order valence-corrected chi connectivity index (χ0v) is 19.8. The van der Waals surface area contributed by atoms with Crippen molar-refractivity contribution >= 4 is 29.4 Å². The second-order valence-corrected chi connectivity index (χ2v) is 8.84. The van der Waals surface area contributed by atoms with E-state index in [0.29, 0.717) is 57.1 Å². The van der Waals surface area contributed by atoms with Crippen molar-refractivity contribution in [3.8, 4) is 28.7 Å². The molecule has 0 atom stereocenters. The molecule has 0 saturated heterocycles. The van der Waals surface area contributed by atoms with Crippen LogP contribution < -0.4 is 15.0 Å². The van der Waals surface area contributed by atoms with Crippen LogP contribution in [-0.4, -0.2) is 23.1 Å². The summed E-state index contributed by atoms with van der Waals surface area (Å²) in [5.74, 6) is 1.91. The third kappa shape index (κ3) is 4.77. The number of halogens is 1. The lowest BCUT2D eigenvalue weighted by Gasteiger charge is -2.13. The van der Waals surface area contributed by atoms with Crippen LogP contribution in [0.3, 0.4) is 0 Å². The number of para-hydroxylation sites is 1. The third-order valence-electron chi connectivity index (χ3n) is 5.93. The Balaban J connectivity index is 1.64. The second kappa shape index (κ2) is 9.65. The van der Waals surface area contributed by atoms with Crippen molar-refractivity contribution in [2.45, 2.75) is 12.8 Å². The Kier molecular flexibility index (Phi) is 6.26. The van der Waals surface area contributed by atoms with E-state index < -0.39 is 0 Å². The van der Waals surface area contributed by atoms with Crippen molar-refractivity contribution in [1.29, 1.82) is 5.26 Å². The topological polar surface area (TPSA) is 76.6 Å². The van der Waals surface area contributed by atoms with E-state index in [-0.39, 0.29) is 5.56 Å². The summed E-state index contributed by atoms with van der Waals surface area (Å²) in [5, 5.41) is 9.60. The highest BCUT2D eigenvalue weighted by Gasteiger charge is 2.23. The number of nitrogens with zero attached hydrogens (tertiary/aromatic N) is 3. The zero-order chi connectivity index (χ0) is 24.4. The summed E-state index contributed by atoms with van der Waals surface area (Å²) >= 11 is 6.15. The predicted molar refractivity (Wildman–Crippen MR) is 137 cm³/mol. The molecule has 0 bridgehead atoms. The second-order valence-electron chi connectivity index (χ2n) is 8.41. The minimum Gasteiger partial charge on any atom is -0.493 e. The molecule has 2 heterocycles. The molecular weight excluding hydrogens is 462 g/mol. The number of rotatable bonds is 7. The lowest BCUT2D eigenvalue weighted by atomic mass is 10.0. The van der Waals surface area contributed by atoms with E-state index in [1.54, 1.807) is 49.7 Å². The van der Waals surface area contributed by atoms with Crippen molar-refractivity contribution in [2.24, 2.45) is 5.92 Å². The number of ether oxygens (including phenoxy) is 2. The van der Waals surface area contributed by atoms with Gasteiger partial charge in [0.1, 0.15) is 5.65 Å². The van der Waals surface area contributed by atoms with E-state index in [1.807, 2.05) is 30.4 Å². The maximum atomic E-state index is 13.5. The zero-order valence-electron chi connectivity index (χ0n) is 19.1. The number of methoxy groups -OCH3 is 1. The molecule has 35 heavy (non-hydrogen) atoms. The lowest BCUT2D eigenvalue weighted by molar-refractivity contribution is 0.280. The molecule has 0 radical (unpaired) electrons. The number of benzene rings is 2. The largest absolute Gasteiger partial charge is 0.493 e. The lowest BCUT2D eigenvalue weighted by Crippen LogP contribution is -2.18. The van der Waals surface area contributed by atoms with Gasteiger partial charge in [-0.05, 0) is 66.8 Å². The van der Waals surface area contributed by atoms with Gasteiger partial charge >= 0.3 is 0 Å². The maximum absolute atomic E-state index is 13.5. The first kappa shape index (κ1) is 22.7. The molecule has 0 aliphatic heterocycles. The molecule has 7 heteroatoms. The molecule has 1 saturated carbocycles. The Bertz CT molecular complexity index is 1530. The van der Waals surface area contributed by atoms with Crippen LogP contribution in [0.5, 0.6) is 11.5 Å². The van der Waals surface area contributed by atoms with E-state index in [4.69, 9.17) is 31.3 Å². The van der Waals surface area contributed by atoms with Crippen molar-refractivity contribution in [1.82, 2.24) is 9.38 Å². The number of nitriles is 1. The van der Waals surface area contributed by atoms with Gasteiger partial charge in [0.2, 0.25) is 0 Å². The molecule has 2 aromatic carbocycles. The van der Waals surface area contributed by atoms with Gasteiger partial charge in [-0.25, -0.2) is 4.98 Å². The fourth-order valence-electron chi connectivity index (χ4n) is 3.87. The van der Waals surface area contributed by atoms with Gasteiger partial charge < -0.3 is 9.47 Å². The maximum Gasteiger partial charge on any atom is 0.266 e. The minimum absolute atomic E-state index is 0.252. The average molecular weight is 484 g/mol. The van der Waals surface area contributed by atoms with Gasteiger partial charge in [-0.1, -0.05) is 35.9 Å². The molecular formula is C28H22ClN3O3. The van der Waals surface area contributed by atoms with E-state index in [9.17, 15) is 4.79 Å². The van der Waals surface area contributed by atoms with E-state index in [2.05, 4.69) is 6.07 Å². The van der Waals surface area contributed by atoms with Crippen LogP contribution in [0.1, 0.15) is 29.7 Å². The number of pyridine rings is 1. The van der Waals surface area contributed by atoms with Crippen LogP contribution in [0, 0.1) is 17.2 Å². The fraction of sp³-hybridized carbons (Fsp3) is 0.179. The first-order valence-corrected chi connectivity index (χ1v) is 11.7. The Labute approximate surface area is 207 Å². The summed E-state index contributed by atoms with van der Waals surface area (Å²) in [6.07, 6.45) is 7.61. The quantitative estimate of drug-likeness (QED) is 0.329. The van der Waals surface area contributed by atoms with Crippen molar-refractivity contribution in [3.63, 3.8) is 0 Å². The Morgan fingerprint density at radius 1 is 1.14 bits per heavy atom. The summed E-state index contributed by atoms with van der Waals surface area (Å²) in [6, 6.07) is 18.1. The summed E-state index contributed by atoms with van der Waals surface area (Å²) in [4.78, 5) is 18.3. The molecule has 2 aromatic heterocycles. The highest BCUT2D eigenvalue weighted by atomic mass is 35.5. The molecule has 0 N–H and O–H groups in total. The highest BCUT2D eigenvalue weighted by molar-refractivity contribution is 6.30. The van der Waals surface area contributed by atoms with Crippen LogP contribution in [0.15, 0.2) is 65.6 Å². The molecule has 6 nitrogen and oxygen atoms in total.